The van der Waals surface area contributed by atoms with E-state index in [9.17, 15) is 0 Å². The minimum absolute atomic E-state index is 1.11. The minimum Gasteiger partial charge on any atom is -0.311 e. The van der Waals surface area contributed by atoms with Crippen LogP contribution < -0.4 is 4.90 Å². The van der Waals surface area contributed by atoms with Crippen molar-refractivity contribution in [1.82, 2.24) is 0 Å². The van der Waals surface area contributed by atoms with Gasteiger partial charge in [-0.2, -0.15) is 0 Å². The van der Waals surface area contributed by atoms with Crippen LogP contribution in [0.4, 0.5) is 17.1 Å². The molecule has 53 heavy (non-hydrogen) atoms. The zero-order chi connectivity index (χ0) is 35.4. The molecule has 0 N–H and O–H groups in total. The Bertz CT molecular complexity index is 2610. The van der Waals surface area contributed by atoms with Crippen molar-refractivity contribution in [3.63, 3.8) is 0 Å². The van der Waals surface area contributed by atoms with Crippen LogP contribution in [0, 0.1) is 0 Å². The Kier molecular flexibility index (Phi) is 8.66. The molecule has 250 valence electrons. The highest BCUT2D eigenvalue weighted by Gasteiger charge is 2.13. The Morgan fingerprint density at radius 3 is 1.04 bits per heavy atom. The largest absolute Gasteiger partial charge is 0.311 e. The first kappa shape index (κ1) is 32.0. The normalized spacial score (nSPS) is 11.0. The van der Waals surface area contributed by atoms with E-state index in [1.54, 1.807) is 0 Å². The van der Waals surface area contributed by atoms with Crippen molar-refractivity contribution in [1.29, 1.82) is 0 Å². The number of para-hydroxylation sites is 1. The summed E-state index contributed by atoms with van der Waals surface area (Å²) >= 11 is 0. The van der Waals surface area contributed by atoms with Crippen LogP contribution in [0.25, 0.3) is 66.4 Å². The lowest BCUT2D eigenvalue weighted by molar-refractivity contribution is 1.28. The number of anilines is 3. The van der Waals surface area contributed by atoms with E-state index in [4.69, 9.17) is 0 Å². The molecule has 0 unspecified atom stereocenters. The molecule has 0 radical (unpaired) electrons. The Labute approximate surface area is 311 Å². The van der Waals surface area contributed by atoms with Gasteiger partial charge < -0.3 is 4.90 Å². The van der Waals surface area contributed by atoms with E-state index in [1.807, 2.05) is 0 Å². The molecule has 0 saturated carbocycles. The SMILES string of the molecule is c1ccc(-c2ccc(-c3ccc(N(c4ccccc4)c4ccc(-c5ccc(-c6cccc(-c7ccc8ccccc8c7)c6)cc5)cc4)cc3)cc2)cc1. The number of fused-ring (bicyclic) bond motifs is 1. The first-order valence-corrected chi connectivity index (χ1v) is 18.2. The summed E-state index contributed by atoms with van der Waals surface area (Å²) in [5.74, 6) is 0. The van der Waals surface area contributed by atoms with E-state index in [0.717, 1.165) is 17.1 Å². The lowest BCUT2D eigenvalue weighted by atomic mass is 9.96. The second kappa shape index (κ2) is 14.3. The molecule has 0 bridgehead atoms. The molecule has 0 aromatic heterocycles. The van der Waals surface area contributed by atoms with E-state index < -0.39 is 0 Å². The molecule has 1 nitrogen and oxygen atoms in total. The summed E-state index contributed by atoms with van der Waals surface area (Å²) < 4.78 is 0. The molecule has 0 atom stereocenters. The molecule has 9 rings (SSSR count). The third kappa shape index (κ3) is 6.77. The number of nitrogens with zero attached hydrogens (tertiary/aromatic N) is 1. The molecule has 0 aliphatic carbocycles. The van der Waals surface area contributed by atoms with Crippen LogP contribution in [0.1, 0.15) is 0 Å². The van der Waals surface area contributed by atoms with Crippen molar-refractivity contribution >= 4 is 27.8 Å². The molecule has 1 heteroatoms. The van der Waals surface area contributed by atoms with Crippen LogP contribution in [0.5, 0.6) is 0 Å². The minimum atomic E-state index is 1.11. The van der Waals surface area contributed by atoms with Crippen LogP contribution in [0.3, 0.4) is 0 Å². The fourth-order valence-corrected chi connectivity index (χ4v) is 7.22. The highest BCUT2D eigenvalue weighted by molar-refractivity contribution is 5.88. The standard InChI is InChI=1S/C52H37N/c1-3-10-38(11-4-1)40-18-20-41(21-19-40)43-28-32-51(33-29-43)53(50-16-5-2-6-17-50)52-34-30-44(31-35-52)42-22-24-45(25-23-42)47-14-9-15-48(36-47)49-27-26-39-12-7-8-13-46(39)37-49/h1-37H. The van der Waals surface area contributed by atoms with E-state index in [2.05, 4.69) is 229 Å². The summed E-state index contributed by atoms with van der Waals surface area (Å²) in [6.07, 6.45) is 0. The maximum Gasteiger partial charge on any atom is 0.0462 e. The quantitative estimate of drug-likeness (QED) is 0.155. The van der Waals surface area contributed by atoms with Crippen LogP contribution >= 0.6 is 0 Å². The second-order valence-corrected chi connectivity index (χ2v) is 13.4. The third-order valence-electron chi connectivity index (χ3n) is 10.1. The molecule has 0 amide bonds. The predicted molar refractivity (Wildman–Crippen MR) is 226 cm³/mol. The van der Waals surface area contributed by atoms with Gasteiger partial charge in [0.05, 0.1) is 0 Å². The van der Waals surface area contributed by atoms with Crippen molar-refractivity contribution < 1.29 is 0 Å². The van der Waals surface area contributed by atoms with Crippen LogP contribution in [0.2, 0.25) is 0 Å². The predicted octanol–water partition coefficient (Wildman–Crippen LogP) is 14.6. The van der Waals surface area contributed by atoms with Gasteiger partial charge in [-0.15, -0.1) is 0 Å². The average molecular weight is 676 g/mol. The maximum absolute atomic E-state index is 2.32. The van der Waals surface area contributed by atoms with Gasteiger partial charge in [-0.1, -0.05) is 176 Å². The highest BCUT2D eigenvalue weighted by atomic mass is 15.1. The smallest absolute Gasteiger partial charge is 0.0462 e. The van der Waals surface area contributed by atoms with E-state index >= 15 is 0 Å². The van der Waals surface area contributed by atoms with Gasteiger partial charge in [-0.25, -0.2) is 0 Å². The topological polar surface area (TPSA) is 3.24 Å². The van der Waals surface area contributed by atoms with Crippen molar-refractivity contribution in [3.8, 4) is 55.6 Å². The van der Waals surface area contributed by atoms with Gasteiger partial charge in [0.1, 0.15) is 0 Å². The fraction of sp³-hybridized carbons (Fsp3) is 0. The van der Waals surface area contributed by atoms with Gasteiger partial charge in [0.25, 0.3) is 0 Å². The van der Waals surface area contributed by atoms with E-state index in [1.165, 1.54) is 66.4 Å². The van der Waals surface area contributed by atoms with Gasteiger partial charge in [0.2, 0.25) is 0 Å². The zero-order valence-corrected chi connectivity index (χ0v) is 29.3. The molecular weight excluding hydrogens is 639 g/mol. The molecular formula is C52H37N. The first-order valence-electron chi connectivity index (χ1n) is 18.2. The van der Waals surface area contributed by atoms with E-state index in [-0.39, 0.29) is 0 Å². The number of hydrogen-bond acceptors (Lipinski definition) is 1. The lowest BCUT2D eigenvalue weighted by Crippen LogP contribution is -2.09. The number of hydrogen-bond donors (Lipinski definition) is 0. The highest BCUT2D eigenvalue weighted by Crippen LogP contribution is 2.37. The van der Waals surface area contributed by atoms with Gasteiger partial charge in [-0.05, 0) is 115 Å². The Hall–Kier alpha value is -6.96. The van der Waals surface area contributed by atoms with Gasteiger partial charge in [-0.3, -0.25) is 0 Å². The van der Waals surface area contributed by atoms with E-state index in [0.29, 0.717) is 0 Å². The molecule has 0 saturated heterocycles. The Balaban J connectivity index is 0.951. The molecule has 0 aliphatic heterocycles. The van der Waals surface area contributed by atoms with Gasteiger partial charge >= 0.3 is 0 Å². The summed E-state index contributed by atoms with van der Waals surface area (Å²) in [4.78, 5) is 2.32. The summed E-state index contributed by atoms with van der Waals surface area (Å²) in [7, 11) is 0. The zero-order valence-electron chi connectivity index (χ0n) is 29.3. The Morgan fingerprint density at radius 1 is 0.189 bits per heavy atom. The van der Waals surface area contributed by atoms with Gasteiger partial charge in [0.15, 0.2) is 0 Å². The van der Waals surface area contributed by atoms with Crippen molar-refractivity contribution in [3.05, 3.63) is 224 Å². The molecule has 0 fully saturated rings. The Morgan fingerprint density at radius 2 is 0.509 bits per heavy atom. The molecule has 9 aromatic carbocycles. The first-order chi connectivity index (χ1) is 26.2. The maximum atomic E-state index is 2.32. The average Bonchev–Trinajstić information content (AvgIpc) is 3.25. The summed E-state index contributed by atoms with van der Waals surface area (Å²) in [5.41, 5.74) is 15.5. The van der Waals surface area contributed by atoms with Crippen molar-refractivity contribution in [2.24, 2.45) is 0 Å². The van der Waals surface area contributed by atoms with Crippen LogP contribution in [-0.4, -0.2) is 0 Å². The second-order valence-electron chi connectivity index (χ2n) is 13.4. The molecule has 0 aliphatic rings. The monoisotopic (exact) mass is 675 g/mol. The van der Waals surface area contributed by atoms with Gasteiger partial charge in [0, 0.05) is 17.1 Å². The van der Waals surface area contributed by atoms with Crippen LogP contribution in [0.15, 0.2) is 224 Å². The summed E-state index contributed by atoms with van der Waals surface area (Å²) in [6, 6.07) is 80.7. The third-order valence-corrected chi connectivity index (χ3v) is 10.1. The fourth-order valence-electron chi connectivity index (χ4n) is 7.22. The molecule has 0 heterocycles. The lowest BCUT2D eigenvalue weighted by Gasteiger charge is -2.26. The summed E-state index contributed by atoms with van der Waals surface area (Å²) in [5, 5.41) is 2.52. The van der Waals surface area contributed by atoms with Crippen molar-refractivity contribution in [2.75, 3.05) is 4.90 Å². The number of benzene rings is 9. The number of rotatable bonds is 8. The molecule has 9 aromatic rings. The van der Waals surface area contributed by atoms with Crippen LogP contribution in [-0.2, 0) is 0 Å². The summed E-state index contributed by atoms with van der Waals surface area (Å²) in [6.45, 7) is 0. The van der Waals surface area contributed by atoms with Crippen molar-refractivity contribution in [2.45, 2.75) is 0 Å². The molecule has 0 spiro atoms.